The Morgan fingerprint density at radius 1 is 0.967 bits per heavy atom. The molecule has 3 nitrogen and oxygen atoms in total. The van der Waals surface area contributed by atoms with Crippen molar-refractivity contribution in [3.05, 3.63) is 83.4 Å². The largest absolute Gasteiger partial charge is 0.347 e. The highest BCUT2D eigenvalue weighted by Gasteiger charge is 2.34. The summed E-state index contributed by atoms with van der Waals surface area (Å²) >= 11 is 6.99. The van der Waals surface area contributed by atoms with Crippen LogP contribution in [0.5, 0.6) is 0 Å². The molecule has 30 heavy (non-hydrogen) atoms. The Morgan fingerprint density at radius 2 is 1.70 bits per heavy atom. The maximum Gasteiger partial charge on any atom is 0.270 e. The van der Waals surface area contributed by atoms with Crippen LogP contribution in [-0.4, -0.2) is 14.8 Å². The maximum atomic E-state index is 13.4. The number of hydrogen-bond acceptors (Lipinski definition) is 3. The van der Waals surface area contributed by atoms with E-state index in [1.807, 2.05) is 42.5 Å². The van der Waals surface area contributed by atoms with E-state index >= 15 is 0 Å². The van der Waals surface area contributed by atoms with Gasteiger partial charge in [-0.15, -0.1) is 0 Å². The second-order valence-corrected chi connectivity index (χ2v) is 8.99. The highest BCUT2D eigenvalue weighted by molar-refractivity contribution is 8.27. The number of rotatable bonds is 4. The quantitative estimate of drug-likeness (QED) is 0.270. The van der Waals surface area contributed by atoms with Crippen molar-refractivity contribution < 1.29 is 4.79 Å². The Bertz CT molecular complexity index is 1330. The van der Waals surface area contributed by atoms with Gasteiger partial charge in [-0.2, -0.15) is 0 Å². The van der Waals surface area contributed by atoms with Crippen LogP contribution in [0.1, 0.15) is 18.9 Å². The molecule has 1 aliphatic rings. The topological polar surface area (TPSA) is 25.2 Å². The lowest BCUT2D eigenvalue weighted by Gasteiger charge is -2.17. The van der Waals surface area contributed by atoms with Gasteiger partial charge in [0.2, 0.25) is 0 Å². The predicted octanol–water partition coefficient (Wildman–Crippen LogP) is 6.61. The maximum absolute atomic E-state index is 13.4. The number of carbonyl (C=O) groups excluding carboxylic acids is 1. The van der Waals surface area contributed by atoms with Crippen molar-refractivity contribution in [1.29, 1.82) is 0 Å². The number of aromatic nitrogens is 1. The van der Waals surface area contributed by atoms with Crippen LogP contribution in [0.25, 0.3) is 27.8 Å². The van der Waals surface area contributed by atoms with E-state index < -0.39 is 0 Å². The van der Waals surface area contributed by atoms with Gasteiger partial charge in [0.15, 0.2) is 4.32 Å². The number of para-hydroxylation sites is 1. The van der Waals surface area contributed by atoms with Gasteiger partial charge in [-0.1, -0.05) is 85.5 Å². The van der Waals surface area contributed by atoms with Gasteiger partial charge in [-0.3, -0.25) is 9.69 Å². The van der Waals surface area contributed by atoms with Gasteiger partial charge >= 0.3 is 0 Å². The molecule has 0 unspecified atom stereocenters. The van der Waals surface area contributed by atoms with Gasteiger partial charge in [0.05, 0.1) is 10.6 Å². The molecular formula is C25H20N2OS2. The van der Waals surface area contributed by atoms with Crippen molar-refractivity contribution in [3.8, 4) is 0 Å². The Kier molecular flexibility index (Phi) is 4.93. The fraction of sp³-hybridized carbons (Fsp3) is 0.120. The van der Waals surface area contributed by atoms with Crippen LogP contribution < -0.4 is 4.90 Å². The fourth-order valence-corrected chi connectivity index (χ4v) is 5.31. The molecule has 4 aromatic rings. The van der Waals surface area contributed by atoms with Gasteiger partial charge < -0.3 is 4.57 Å². The van der Waals surface area contributed by atoms with Gasteiger partial charge in [-0.05, 0) is 30.0 Å². The van der Waals surface area contributed by atoms with Gasteiger partial charge in [-0.25, -0.2) is 0 Å². The number of thioether (sulfide) groups is 1. The molecule has 0 N–H and O–H groups in total. The van der Waals surface area contributed by atoms with Gasteiger partial charge in [0.25, 0.3) is 5.91 Å². The van der Waals surface area contributed by atoms with Crippen LogP contribution in [0.15, 0.2) is 77.8 Å². The van der Waals surface area contributed by atoms with E-state index in [0.29, 0.717) is 9.23 Å². The third-order valence-corrected chi connectivity index (χ3v) is 6.67. The number of anilines is 1. The average Bonchev–Trinajstić information content (AvgIpc) is 3.25. The Labute approximate surface area is 185 Å². The summed E-state index contributed by atoms with van der Waals surface area (Å²) in [5.41, 5.74) is 3.08. The molecule has 0 radical (unpaired) electrons. The van der Waals surface area contributed by atoms with E-state index in [1.165, 1.54) is 17.3 Å². The molecule has 5 heteroatoms. The van der Waals surface area contributed by atoms with Crippen LogP contribution in [0.3, 0.4) is 0 Å². The van der Waals surface area contributed by atoms with Gasteiger partial charge in [0.1, 0.15) is 0 Å². The number of hydrogen-bond donors (Lipinski definition) is 0. The molecule has 0 saturated carbocycles. The summed E-state index contributed by atoms with van der Waals surface area (Å²) in [6.45, 7) is 3.12. The summed E-state index contributed by atoms with van der Waals surface area (Å²) in [5, 5.41) is 3.27. The van der Waals surface area contributed by atoms with Gasteiger partial charge in [0, 0.05) is 34.6 Å². The number of aryl methyl sites for hydroxylation is 1. The van der Waals surface area contributed by atoms with Crippen molar-refractivity contribution >= 4 is 67.6 Å². The van der Waals surface area contributed by atoms with Crippen LogP contribution in [-0.2, 0) is 11.3 Å². The Morgan fingerprint density at radius 3 is 2.53 bits per heavy atom. The Hall–Kier alpha value is -2.89. The average molecular weight is 429 g/mol. The number of fused-ring (bicyclic) bond motifs is 2. The number of nitrogens with zero attached hydrogens (tertiary/aromatic N) is 2. The lowest BCUT2D eigenvalue weighted by atomic mass is 10.1. The lowest BCUT2D eigenvalue weighted by molar-refractivity contribution is -0.113. The normalized spacial score (nSPS) is 15.8. The second kappa shape index (κ2) is 7.74. The molecule has 1 aliphatic heterocycles. The van der Waals surface area contributed by atoms with E-state index in [-0.39, 0.29) is 5.91 Å². The van der Waals surface area contributed by atoms with Crippen LogP contribution in [0.2, 0.25) is 0 Å². The second-order valence-electron chi connectivity index (χ2n) is 7.31. The van der Waals surface area contributed by atoms with Crippen molar-refractivity contribution in [1.82, 2.24) is 4.57 Å². The van der Waals surface area contributed by atoms with Crippen LogP contribution in [0.4, 0.5) is 5.69 Å². The minimum atomic E-state index is -0.0614. The SMILES string of the molecule is CCCn1cc(/C=C2/SC(=S)N(c3cccc4ccccc34)C2=O)c2ccccc21. The van der Waals surface area contributed by atoms with Crippen LogP contribution >= 0.6 is 24.0 Å². The first kappa shape index (κ1) is 19.1. The minimum Gasteiger partial charge on any atom is -0.347 e. The molecule has 0 spiro atoms. The van der Waals surface area contributed by atoms with Crippen LogP contribution in [0, 0.1) is 0 Å². The lowest BCUT2D eigenvalue weighted by Crippen LogP contribution is -2.27. The third-order valence-electron chi connectivity index (χ3n) is 5.37. The zero-order valence-corrected chi connectivity index (χ0v) is 18.2. The van der Waals surface area contributed by atoms with Crippen molar-refractivity contribution in [3.63, 3.8) is 0 Å². The zero-order chi connectivity index (χ0) is 20.7. The number of carbonyl (C=O) groups is 1. The summed E-state index contributed by atoms with van der Waals surface area (Å²) in [6, 6.07) is 22.4. The predicted molar refractivity (Wildman–Crippen MR) is 132 cm³/mol. The first-order valence-electron chi connectivity index (χ1n) is 10.0. The Balaban J connectivity index is 1.58. The molecule has 1 fully saturated rings. The molecule has 3 aromatic carbocycles. The standard InChI is InChI=1S/C25H20N2OS2/c1-2-14-26-16-18(20-11-5-6-12-21(20)26)15-23-24(28)27(25(29)30-23)22-13-7-9-17-8-3-4-10-19(17)22/h3-13,15-16H,2,14H2,1H3/b23-15+. The molecule has 0 bridgehead atoms. The number of benzene rings is 3. The summed E-state index contributed by atoms with van der Waals surface area (Å²) in [5.74, 6) is -0.0614. The highest BCUT2D eigenvalue weighted by Crippen LogP contribution is 2.39. The summed E-state index contributed by atoms with van der Waals surface area (Å²) < 4.78 is 2.83. The minimum absolute atomic E-state index is 0.0614. The molecule has 0 aliphatic carbocycles. The highest BCUT2D eigenvalue weighted by atomic mass is 32.2. The molecule has 148 valence electrons. The first-order valence-corrected chi connectivity index (χ1v) is 11.2. The monoisotopic (exact) mass is 428 g/mol. The van der Waals surface area contributed by atoms with E-state index in [1.54, 1.807) is 4.90 Å². The number of amides is 1. The number of thiocarbonyl (C=S) groups is 1. The zero-order valence-electron chi connectivity index (χ0n) is 16.5. The molecule has 1 aromatic heterocycles. The molecule has 0 atom stereocenters. The molecule has 1 saturated heterocycles. The molecule has 2 heterocycles. The summed E-state index contributed by atoms with van der Waals surface area (Å²) in [6.07, 6.45) is 5.18. The van der Waals surface area contributed by atoms with E-state index in [0.717, 1.165) is 40.4 Å². The summed E-state index contributed by atoms with van der Waals surface area (Å²) in [7, 11) is 0. The van der Waals surface area contributed by atoms with E-state index in [2.05, 4.69) is 48.0 Å². The molecule has 5 rings (SSSR count). The fourth-order valence-electron chi connectivity index (χ4n) is 4.04. The third kappa shape index (κ3) is 3.15. The first-order chi connectivity index (χ1) is 14.7. The van der Waals surface area contributed by atoms with E-state index in [9.17, 15) is 4.79 Å². The smallest absolute Gasteiger partial charge is 0.270 e. The molecular weight excluding hydrogens is 408 g/mol. The van der Waals surface area contributed by atoms with Crippen molar-refractivity contribution in [2.45, 2.75) is 19.9 Å². The molecule has 1 amide bonds. The van der Waals surface area contributed by atoms with E-state index in [4.69, 9.17) is 12.2 Å². The summed E-state index contributed by atoms with van der Waals surface area (Å²) in [4.78, 5) is 15.7. The van der Waals surface area contributed by atoms with Crippen molar-refractivity contribution in [2.75, 3.05) is 4.90 Å². The van der Waals surface area contributed by atoms with Crippen molar-refractivity contribution in [2.24, 2.45) is 0 Å².